The number of rotatable bonds is 8. The van der Waals surface area contributed by atoms with Gasteiger partial charge in [-0.3, -0.25) is 14.4 Å². The van der Waals surface area contributed by atoms with Crippen LogP contribution in [-0.4, -0.2) is 39.0 Å². The highest BCUT2D eigenvalue weighted by atomic mass is 32.1. The first-order valence-corrected chi connectivity index (χ1v) is 11.0. The van der Waals surface area contributed by atoms with Crippen LogP contribution in [0.3, 0.4) is 0 Å². The second-order valence-electron chi connectivity index (χ2n) is 7.10. The smallest absolute Gasteiger partial charge is 0.295 e. The summed E-state index contributed by atoms with van der Waals surface area (Å²) in [5.74, 6) is -1.89. The van der Waals surface area contributed by atoms with Crippen LogP contribution in [0.1, 0.15) is 27.4 Å². The first-order valence-electron chi connectivity index (χ1n) is 10.2. The van der Waals surface area contributed by atoms with Crippen molar-refractivity contribution in [3.8, 4) is 16.4 Å². The fraction of sp³-hybridized carbons (Fsp3) is 0.0870. The topological polar surface area (TPSA) is 132 Å². The Kier molecular flexibility index (Phi) is 6.74. The summed E-state index contributed by atoms with van der Waals surface area (Å²) >= 11 is 1.40. The number of nitrogens with one attached hydrogen (secondary N) is 2. The quantitative estimate of drug-likeness (QED) is 0.358. The minimum absolute atomic E-state index is 0.00675. The molecular weight excluding hydrogens is 459 g/mol. The molecule has 0 atom stereocenters. The van der Waals surface area contributed by atoms with E-state index in [-0.39, 0.29) is 30.0 Å². The Balaban J connectivity index is 1.62. The van der Waals surface area contributed by atoms with Gasteiger partial charge in [-0.25, -0.2) is 14.1 Å². The van der Waals surface area contributed by atoms with E-state index in [4.69, 9.17) is 5.73 Å². The van der Waals surface area contributed by atoms with E-state index in [0.29, 0.717) is 11.5 Å². The van der Waals surface area contributed by atoms with Gasteiger partial charge in [-0.1, -0.05) is 24.3 Å². The zero-order chi connectivity index (χ0) is 24.1. The van der Waals surface area contributed by atoms with Crippen molar-refractivity contribution >= 4 is 34.7 Å². The molecule has 2 aromatic carbocycles. The molecule has 0 saturated carbocycles. The summed E-state index contributed by atoms with van der Waals surface area (Å²) in [6, 6.07) is 15.8. The number of carbonyl (C=O) groups is 3. The zero-order valence-corrected chi connectivity index (χ0v) is 18.5. The highest BCUT2D eigenvalue weighted by Gasteiger charge is 2.21. The predicted molar refractivity (Wildman–Crippen MR) is 125 cm³/mol. The molecule has 3 amide bonds. The number of hydrogen-bond donors (Lipinski definition) is 3. The SMILES string of the molecule is NC(=O)CCNC(=O)c1ccccc1NC(=O)c1nc(-c2cccs2)n(-c2cccc(F)c2)n1. The molecule has 0 aliphatic carbocycles. The maximum atomic E-state index is 13.8. The average molecular weight is 479 g/mol. The minimum atomic E-state index is -0.648. The van der Waals surface area contributed by atoms with Crippen molar-refractivity contribution < 1.29 is 18.8 Å². The third-order valence-corrected chi connectivity index (χ3v) is 5.55. The summed E-state index contributed by atoms with van der Waals surface area (Å²) in [4.78, 5) is 41.5. The van der Waals surface area contributed by atoms with Gasteiger partial charge < -0.3 is 16.4 Å². The third-order valence-electron chi connectivity index (χ3n) is 4.68. The maximum absolute atomic E-state index is 13.8. The number of anilines is 1. The standard InChI is InChI=1S/C23H19FN6O3S/c24-14-5-3-6-15(13-14)30-21(18-9-4-12-34-18)28-20(29-30)23(33)27-17-8-2-1-7-16(17)22(32)26-11-10-19(25)31/h1-9,12-13H,10-11H2,(H2,25,31)(H,26,32)(H,27,33). The molecule has 0 aliphatic rings. The van der Waals surface area contributed by atoms with Crippen LogP contribution in [0.2, 0.25) is 0 Å². The first kappa shape index (κ1) is 22.8. The van der Waals surface area contributed by atoms with Crippen molar-refractivity contribution in [2.24, 2.45) is 5.73 Å². The van der Waals surface area contributed by atoms with E-state index in [0.717, 1.165) is 4.88 Å². The Bertz CT molecular complexity index is 1350. The fourth-order valence-electron chi connectivity index (χ4n) is 3.12. The number of thiophene rings is 1. The molecule has 172 valence electrons. The largest absolute Gasteiger partial charge is 0.370 e. The summed E-state index contributed by atoms with van der Waals surface area (Å²) in [7, 11) is 0. The lowest BCUT2D eigenvalue weighted by molar-refractivity contribution is -0.117. The number of hydrogen-bond acceptors (Lipinski definition) is 6. The molecule has 9 nitrogen and oxygen atoms in total. The third kappa shape index (κ3) is 5.15. The highest BCUT2D eigenvalue weighted by molar-refractivity contribution is 7.13. The highest BCUT2D eigenvalue weighted by Crippen LogP contribution is 2.26. The molecule has 4 aromatic rings. The molecule has 4 N–H and O–H groups in total. The molecule has 0 bridgehead atoms. The van der Waals surface area contributed by atoms with Gasteiger partial charge in [0.25, 0.3) is 11.8 Å². The van der Waals surface area contributed by atoms with Crippen molar-refractivity contribution in [2.45, 2.75) is 6.42 Å². The molecule has 34 heavy (non-hydrogen) atoms. The Hall–Kier alpha value is -4.38. The molecule has 2 heterocycles. The number of carbonyl (C=O) groups excluding carboxylic acids is 3. The predicted octanol–water partition coefficient (Wildman–Crippen LogP) is 2.99. The lowest BCUT2D eigenvalue weighted by Crippen LogP contribution is -2.29. The van der Waals surface area contributed by atoms with Gasteiger partial charge in [0.15, 0.2) is 5.82 Å². The van der Waals surface area contributed by atoms with Crippen LogP contribution in [0.15, 0.2) is 66.0 Å². The fourth-order valence-corrected chi connectivity index (χ4v) is 3.82. The summed E-state index contributed by atoms with van der Waals surface area (Å²) in [6.07, 6.45) is -0.00675. The monoisotopic (exact) mass is 478 g/mol. The number of benzene rings is 2. The molecule has 0 radical (unpaired) electrons. The van der Waals surface area contributed by atoms with Gasteiger partial charge in [-0.05, 0) is 41.8 Å². The van der Waals surface area contributed by atoms with Crippen LogP contribution in [0, 0.1) is 5.82 Å². The van der Waals surface area contributed by atoms with Crippen LogP contribution >= 0.6 is 11.3 Å². The summed E-state index contributed by atoms with van der Waals surface area (Å²) in [6.45, 7) is 0.0697. The molecule has 0 fully saturated rings. The Labute approximate surface area is 197 Å². The van der Waals surface area contributed by atoms with Crippen LogP contribution < -0.4 is 16.4 Å². The van der Waals surface area contributed by atoms with E-state index in [1.54, 1.807) is 24.3 Å². The maximum Gasteiger partial charge on any atom is 0.295 e. The van der Waals surface area contributed by atoms with E-state index in [1.807, 2.05) is 17.5 Å². The van der Waals surface area contributed by atoms with Gasteiger partial charge >= 0.3 is 0 Å². The Morgan fingerprint density at radius 1 is 1.03 bits per heavy atom. The van der Waals surface area contributed by atoms with Gasteiger partial charge in [0, 0.05) is 13.0 Å². The second-order valence-corrected chi connectivity index (χ2v) is 8.05. The van der Waals surface area contributed by atoms with Gasteiger partial charge in [0.05, 0.1) is 21.8 Å². The van der Waals surface area contributed by atoms with Crippen molar-refractivity contribution in [1.82, 2.24) is 20.1 Å². The lowest BCUT2D eigenvalue weighted by atomic mass is 10.1. The molecule has 0 spiro atoms. The van der Waals surface area contributed by atoms with Crippen molar-refractivity contribution in [2.75, 3.05) is 11.9 Å². The first-order chi connectivity index (χ1) is 16.4. The summed E-state index contributed by atoms with van der Waals surface area (Å²) in [5.41, 5.74) is 5.94. The van der Waals surface area contributed by atoms with Crippen LogP contribution in [0.25, 0.3) is 16.4 Å². The second kappa shape index (κ2) is 10.0. The normalized spacial score (nSPS) is 10.6. The van der Waals surface area contributed by atoms with Gasteiger partial charge in [-0.15, -0.1) is 16.4 Å². The van der Waals surface area contributed by atoms with Gasteiger partial charge in [-0.2, -0.15) is 0 Å². The van der Waals surface area contributed by atoms with Crippen LogP contribution in [0.4, 0.5) is 10.1 Å². The number of amides is 3. The number of primary amides is 1. The molecule has 0 saturated heterocycles. The van der Waals surface area contributed by atoms with E-state index in [9.17, 15) is 18.8 Å². The average Bonchev–Trinajstić information content (AvgIpc) is 3.49. The number of halogens is 1. The van der Waals surface area contributed by atoms with Crippen LogP contribution in [0.5, 0.6) is 0 Å². The summed E-state index contributed by atoms with van der Waals surface area (Å²) in [5, 5.41) is 11.4. The number of nitrogens with two attached hydrogens (primary N) is 1. The molecule has 0 aliphatic heterocycles. The van der Waals surface area contributed by atoms with Gasteiger partial charge in [0.2, 0.25) is 11.7 Å². The molecular formula is C23H19FN6O3S. The zero-order valence-electron chi connectivity index (χ0n) is 17.7. The Morgan fingerprint density at radius 3 is 2.59 bits per heavy atom. The lowest BCUT2D eigenvalue weighted by Gasteiger charge is -2.10. The van der Waals surface area contributed by atoms with Crippen molar-refractivity contribution in [3.05, 3.63) is 83.2 Å². The number of nitrogens with zero attached hydrogens (tertiary/aromatic N) is 3. The number of para-hydroxylation sites is 1. The number of aromatic nitrogens is 3. The minimum Gasteiger partial charge on any atom is -0.370 e. The Morgan fingerprint density at radius 2 is 1.85 bits per heavy atom. The van der Waals surface area contributed by atoms with E-state index in [1.165, 1.54) is 40.3 Å². The molecule has 4 rings (SSSR count). The molecule has 2 aromatic heterocycles. The van der Waals surface area contributed by atoms with E-state index >= 15 is 0 Å². The van der Waals surface area contributed by atoms with Crippen molar-refractivity contribution in [3.63, 3.8) is 0 Å². The van der Waals surface area contributed by atoms with Crippen LogP contribution in [-0.2, 0) is 4.79 Å². The van der Waals surface area contributed by atoms with Gasteiger partial charge in [0.1, 0.15) is 5.82 Å². The molecule has 0 unspecified atom stereocenters. The van der Waals surface area contributed by atoms with E-state index < -0.39 is 23.5 Å². The summed E-state index contributed by atoms with van der Waals surface area (Å²) < 4.78 is 15.2. The van der Waals surface area contributed by atoms with E-state index in [2.05, 4.69) is 20.7 Å². The molecule has 11 heteroatoms. The van der Waals surface area contributed by atoms with Crippen molar-refractivity contribution in [1.29, 1.82) is 0 Å².